The lowest BCUT2D eigenvalue weighted by Crippen LogP contribution is -2.36. The van der Waals surface area contributed by atoms with Crippen molar-refractivity contribution < 1.29 is 4.79 Å². The van der Waals surface area contributed by atoms with Crippen LogP contribution < -0.4 is 10.6 Å². The van der Waals surface area contributed by atoms with Gasteiger partial charge in [-0.2, -0.15) is 0 Å². The summed E-state index contributed by atoms with van der Waals surface area (Å²) in [5.41, 5.74) is 3.72. The third-order valence-electron chi connectivity index (χ3n) is 4.32. The molecule has 2 aromatic rings. The highest BCUT2D eigenvalue weighted by molar-refractivity contribution is 5.92. The molecule has 1 aliphatic rings. The Morgan fingerprint density at radius 2 is 1.71 bits per heavy atom. The summed E-state index contributed by atoms with van der Waals surface area (Å²) in [5, 5.41) is 6.29. The maximum Gasteiger partial charge on any atom is 0.271 e. The molecule has 1 heterocycles. The summed E-state index contributed by atoms with van der Waals surface area (Å²) in [7, 11) is 0. The van der Waals surface area contributed by atoms with Crippen LogP contribution in [-0.2, 0) is 0 Å². The summed E-state index contributed by atoms with van der Waals surface area (Å²) >= 11 is 0. The van der Waals surface area contributed by atoms with Gasteiger partial charge in [-0.05, 0) is 49.9 Å². The van der Waals surface area contributed by atoms with Crippen LogP contribution in [0.25, 0.3) is 0 Å². The highest BCUT2D eigenvalue weighted by atomic mass is 16.1. The van der Waals surface area contributed by atoms with Crippen LogP contribution in [0.3, 0.4) is 0 Å². The molecule has 0 spiro atoms. The summed E-state index contributed by atoms with van der Waals surface area (Å²) in [6, 6.07) is 6.51. The molecule has 126 valence electrons. The fourth-order valence-electron chi connectivity index (χ4n) is 3.21. The molecule has 0 atom stereocenters. The van der Waals surface area contributed by atoms with Gasteiger partial charge in [-0.3, -0.25) is 4.79 Å². The van der Waals surface area contributed by atoms with E-state index in [-0.39, 0.29) is 11.9 Å². The van der Waals surface area contributed by atoms with Crippen LogP contribution in [0.15, 0.2) is 30.6 Å². The molecule has 0 unspecified atom stereocenters. The predicted octanol–water partition coefficient (Wildman–Crippen LogP) is 3.90. The fourth-order valence-corrected chi connectivity index (χ4v) is 3.21. The number of aromatic nitrogens is 2. The molecular weight excluding hydrogens is 300 g/mol. The Morgan fingerprint density at radius 1 is 1.00 bits per heavy atom. The van der Waals surface area contributed by atoms with Gasteiger partial charge in [0.2, 0.25) is 0 Å². The van der Waals surface area contributed by atoms with E-state index in [9.17, 15) is 4.79 Å². The van der Waals surface area contributed by atoms with Crippen molar-refractivity contribution in [1.29, 1.82) is 0 Å². The number of hydrogen-bond donors (Lipinski definition) is 2. The topological polar surface area (TPSA) is 66.9 Å². The maximum atomic E-state index is 12.2. The van der Waals surface area contributed by atoms with Gasteiger partial charge in [0.15, 0.2) is 0 Å². The minimum absolute atomic E-state index is 0.132. The van der Waals surface area contributed by atoms with Gasteiger partial charge in [0, 0.05) is 11.7 Å². The van der Waals surface area contributed by atoms with Crippen molar-refractivity contribution in [3.05, 3.63) is 47.4 Å². The summed E-state index contributed by atoms with van der Waals surface area (Å²) in [4.78, 5) is 20.8. The number of rotatable bonds is 4. The first-order valence-electron chi connectivity index (χ1n) is 8.58. The van der Waals surface area contributed by atoms with Crippen LogP contribution in [0, 0.1) is 13.8 Å². The Morgan fingerprint density at radius 3 is 2.33 bits per heavy atom. The van der Waals surface area contributed by atoms with Crippen molar-refractivity contribution in [2.45, 2.75) is 52.0 Å². The van der Waals surface area contributed by atoms with E-state index in [1.807, 2.05) is 0 Å². The highest BCUT2D eigenvalue weighted by Gasteiger charge is 2.17. The van der Waals surface area contributed by atoms with Crippen LogP contribution in [0.2, 0.25) is 0 Å². The Bertz CT molecular complexity index is 686. The number of carbonyl (C=O) groups is 1. The zero-order valence-electron chi connectivity index (χ0n) is 14.3. The molecule has 1 aliphatic carbocycles. The second kappa shape index (κ2) is 7.43. The van der Waals surface area contributed by atoms with Gasteiger partial charge in [0.05, 0.1) is 12.4 Å². The third kappa shape index (κ3) is 4.31. The Labute approximate surface area is 142 Å². The Kier molecular flexibility index (Phi) is 5.08. The quantitative estimate of drug-likeness (QED) is 0.895. The third-order valence-corrected chi connectivity index (χ3v) is 4.32. The van der Waals surface area contributed by atoms with Crippen molar-refractivity contribution in [1.82, 2.24) is 15.3 Å². The van der Waals surface area contributed by atoms with Crippen LogP contribution in [0.1, 0.15) is 53.7 Å². The first-order chi connectivity index (χ1) is 11.6. The molecule has 0 aliphatic heterocycles. The zero-order valence-corrected chi connectivity index (χ0v) is 14.3. The predicted molar refractivity (Wildman–Crippen MR) is 95.6 cm³/mol. The van der Waals surface area contributed by atoms with Gasteiger partial charge in [-0.1, -0.05) is 25.3 Å². The van der Waals surface area contributed by atoms with Gasteiger partial charge >= 0.3 is 0 Å². The van der Waals surface area contributed by atoms with E-state index >= 15 is 0 Å². The summed E-state index contributed by atoms with van der Waals surface area (Å²) in [6.07, 6.45) is 8.91. The van der Waals surface area contributed by atoms with Crippen molar-refractivity contribution in [2.75, 3.05) is 5.32 Å². The van der Waals surface area contributed by atoms with E-state index < -0.39 is 0 Å². The molecule has 2 N–H and O–H groups in total. The van der Waals surface area contributed by atoms with Crippen LogP contribution in [-0.4, -0.2) is 21.9 Å². The Hall–Kier alpha value is -2.43. The highest BCUT2D eigenvalue weighted by Crippen LogP contribution is 2.19. The van der Waals surface area contributed by atoms with E-state index in [1.54, 1.807) is 6.20 Å². The molecule has 1 amide bonds. The molecule has 5 nitrogen and oxygen atoms in total. The number of hydrogen-bond acceptors (Lipinski definition) is 4. The number of amides is 1. The average molecular weight is 324 g/mol. The lowest BCUT2D eigenvalue weighted by molar-refractivity contribution is 0.0922. The zero-order chi connectivity index (χ0) is 16.9. The number of aryl methyl sites for hydroxylation is 2. The van der Waals surface area contributed by atoms with Gasteiger partial charge in [-0.15, -0.1) is 0 Å². The van der Waals surface area contributed by atoms with Gasteiger partial charge in [-0.25, -0.2) is 9.97 Å². The molecule has 0 saturated heterocycles. The number of nitrogens with zero attached hydrogens (tertiary/aromatic N) is 2. The van der Waals surface area contributed by atoms with Gasteiger partial charge < -0.3 is 10.6 Å². The monoisotopic (exact) mass is 324 g/mol. The molecule has 24 heavy (non-hydrogen) atoms. The maximum absolute atomic E-state index is 12.2. The van der Waals surface area contributed by atoms with E-state index in [4.69, 9.17) is 0 Å². The second-order valence-electron chi connectivity index (χ2n) is 6.60. The Balaban J connectivity index is 1.63. The van der Waals surface area contributed by atoms with Crippen molar-refractivity contribution in [3.63, 3.8) is 0 Å². The lowest BCUT2D eigenvalue weighted by atomic mass is 9.95. The van der Waals surface area contributed by atoms with Gasteiger partial charge in [0.25, 0.3) is 5.91 Å². The minimum atomic E-state index is -0.132. The second-order valence-corrected chi connectivity index (χ2v) is 6.60. The normalized spacial score (nSPS) is 15.1. The number of anilines is 2. The first-order valence-corrected chi connectivity index (χ1v) is 8.58. The number of carbonyl (C=O) groups excluding carboxylic acids is 1. The lowest BCUT2D eigenvalue weighted by Gasteiger charge is -2.22. The molecule has 1 aromatic heterocycles. The first kappa shape index (κ1) is 16.4. The largest absolute Gasteiger partial charge is 0.348 e. The summed E-state index contributed by atoms with van der Waals surface area (Å²) in [5.74, 6) is 0.501. The van der Waals surface area contributed by atoms with E-state index in [1.165, 1.54) is 36.6 Å². The molecule has 1 saturated carbocycles. The van der Waals surface area contributed by atoms with Crippen molar-refractivity contribution in [3.8, 4) is 0 Å². The van der Waals surface area contributed by atoms with Crippen LogP contribution in [0.5, 0.6) is 0 Å². The molecule has 0 radical (unpaired) electrons. The summed E-state index contributed by atoms with van der Waals surface area (Å²) in [6.45, 7) is 4.12. The fraction of sp³-hybridized carbons (Fsp3) is 0.421. The number of benzene rings is 1. The van der Waals surface area contributed by atoms with E-state index in [0.717, 1.165) is 18.5 Å². The molecule has 0 bridgehead atoms. The van der Waals surface area contributed by atoms with Gasteiger partial charge in [0.1, 0.15) is 11.5 Å². The molecular formula is C19H24N4O. The van der Waals surface area contributed by atoms with Crippen molar-refractivity contribution >= 4 is 17.4 Å². The van der Waals surface area contributed by atoms with Crippen LogP contribution >= 0.6 is 0 Å². The molecule has 3 rings (SSSR count). The molecule has 1 aromatic carbocycles. The van der Waals surface area contributed by atoms with Crippen molar-refractivity contribution in [2.24, 2.45) is 0 Å². The summed E-state index contributed by atoms with van der Waals surface area (Å²) < 4.78 is 0. The number of nitrogens with one attached hydrogen (secondary N) is 2. The standard InChI is InChI=1S/C19H24N4O/c1-13-8-14(2)10-16(9-13)22-18-12-20-17(11-21-18)19(24)23-15-6-4-3-5-7-15/h8-12,15H,3-7H2,1-2H3,(H,21,22)(H,23,24). The van der Waals surface area contributed by atoms with E-state index in [2.05, 4.69) is 52.6 Å². The SMILES string of the molecule is Cc1cc(C)cc(Nc2cnc(C(=O)NC3CCCCC3)cn2)c1. The van der Waals surface area contributed by atoms with E-state index in [0.29, 0.717) is 11.5 Å². The minimum Gasteiger partial charge on any atom is -0.348 e. The van der Waals surface area contributed by atoms with Crippen LogP contribution in [0.4, 0.5) is 11.5 Å². The molecule has 1 fully saturated rings. The molecule has 5 heteroatoms. The smallest absolute Gasteiger partial charge is 0.271 e. The average Bonchev–Trinajstić information content (AvgIpc) is 2.55.